The van der Waals surface area contributed by atoms with Gasteiger partial charge in [0, 0.05) is 19.6 Å². The normalized spacial score (nSPS) is 17.3. The number of hydrogen-bond donors (Lipinski definition) is 1. The highest BCUT2D eigenvalue weighted by molar-refractivity contribution is 4.75. The number of rotatable bonds is 7. The second kappa shape index (κ2) is 5.61. The molecule has 1 fully saturated rings. The minimum Gasteiger partial charge on any atom is -0.315 e. The van der Waals surface area contributed by atoms with E-state index >= 15 is 0 Å². The van der Waals surface area contributed by atoms with E-state index in [4.69, 9.17) is 0 Å². The summed E-state index contributed by atoms with van der Waals surface area (Å²) in [5, 5.41) is 3.51. The molecular weight excluding hydrogens is 160 g/mol. The maximum absolute atomic E-state index is 3.51. The molecule has 0 spiro atoms. The van der Waals surface area contributed by atoms with E-state index in [0.29, 0.717) is 0 Å². The summed E-state index contributed by atoms with van der Waals surface area (Å²) in [6.07, 6.45) is 2.91. The van der Waals surface area contributed by atoms with E-state index in [1.54, 1.807) is 0 Å². The number of nitrogens with one attached hydrogen (secondary N) is 1. The molecule has 0 atom stereocenters. The SMILES string of the molecule is CC(C)CN(C)CCNCC1CC1. The van der Waals surface area contributed by atoms with Gasteiger partial charge in [0.25, 0.3) is 0 Å². The average molecular weight is 184 g/mol. The van der Waals surface area contributed by atoms with Gasteiger partial charge in [0.2, 0.25) is 0 Å². The van der Waals surface area contributed by atoms with Gasteiger partial charge in [-0.05, 0) is 38.3 Å². The zero-order valence-corrected chi connectivity index (χ0v) is 9.34. The fourth-order valence-corrected chi connectivity index (χ4v) is 1.61. The molecular formula is C11H24N2. The van der Waals surface area contributed by atoms with Gasteiger partial charge in [-0.1, -0.05) is 13.8 Å². The Balaban J connectivity index is 1.85. The van der Waals surface area contributed by atoms with Crippen LogP contribution in [0.4, 0.5) is 0 Å². The van der Waals surface area contributed by atoms with Gasteiger partial charge in [0.05, 0.1) is 0 Å². The number of nitrogens with zero attached hydrogens (tertiary/aromatic N) is 1. The van der Waals surface area contributed by atoms with Crippen LogP contribution >= 0.6 is 0 Å². The van der Waals surface area contributed by atoms with Crippen molar-refractivity contribution >= 4 is 0 Å². The molecule has 0 heterocycles. The molecule has 0 unspecified atom stereocenters. The number of likely N-dealkylation sites (N-methyl/N-ethyl adjacent to an activating group) is 1. The topological polar surface area (TPSA) is 15.3 Å². The largest absolute Gasteiger partial charge is 0.315 e. The molecule has 0 radical (unpaired) electrons. The zero-order chi connectivity index (χ0) is 9.68. The van der Waals surface area contributed by atoms with E-state index in [1.807, 2.05) is 0 Å². The van der Waals surface area contributed by atoms with Crippen molar-refractivity contribution in [2.75, 3.05) is 33.2 Å². The summed E-state index contributed by atoms with van der Waals surface area (Å²) in [6, 6.07) is 0. The maximum atomic E-state index is 3.51. The molecule has 1 rings (SSSR count). The van der Waals surface area contributed by atoms with Crippen LogP contribution in [0.15, 0.2) is 0 Å². The monoisotopic (exact) mass is 184 g/mol. The highest BCUT2D eigenvalue weighted by atomic mass is 15.1. The molecule has 0 saturated heterocycles. The molecule has 0 aromatic heterocycles. The predicted molar refractivity (Wildman–Crippen MR) is 57.9 cm³/mol. The Labute approximate surface area is 82.7 Å². The highest BCUT2D eigenvalue weighted by Gasteiger charge is 2.19. The van der Waals surface area contributed by atoms with E-state index in [0.717, 1.165) is 18.4 Å². The zero-order valence-electron chi connectivity index (χ0n) is 9.34. The average Bonchev–Trinajstić information content (AvgIpc) is 2.80. The van der Waals surface area contributed by atoms with E-state index in [9.17, 15) is 0 Å². The molecule has 78 valence electrons. The molecule has 2 nitrogen and oxygen atoms in total. The Hall–Kier alpha value is -0.0800. The quantitative estimate of drug-likeness (QED) is 0.604. The highest BCUT2D eigenvalue weighted by Crippen LogP contribution is 2.27. The van der Waals surface area contributed by atoms with Gasteiger partial charge in [-0.2, -0.15) is 0 Å². The summed E-state index contributed by atoms with van der Waals surface area (Å²) in [5.74, 6) is 1.80. The lowest BCUT2D eigenvalue weighted by molar-refractivity contribution is 0.294. The van der Waals surface area contributed by atoms with Crippen LogP contribution in [0.3, 0.4) is 0 Å². The molecule has 1 aliphatic rings. The second-order valence-electron chi connectivity index (χ2n) is 4.80. The van der Waals surface area contributed by atoms with Crippen molar-refractivity contribution in [2.45, 2.75) is 26.7 Å². The molecule has 1 aliphatic carbocycles. The van der Waals surface area contributed by atoms with Gasteiger partial charge in [0.15, 0.2) is 0 Å². The Kier molecular flexibility index (Phi) is 4.74. The number of hydrogen-bond acceptors (Lipinski definition) is 2. The van der Waals surface area contributed by atoms with E-state index in [2.05, 4.69) is 31.1 Å². The van der Waals surface area contributed by atoms with E-state index < -0.39 is 0 Å². The molecule has 0 amide bonds. The molecule has 0 aromatic rings. The van der Waals surface area contributed by atoms with Crippen molar-refractivity contribution < 1.29 is 0 Å². The lowest BCUT2D eigenvalue weighted by Gasteiger charge is -2.18. The lowest BCUT2D eigenvalue weighted by atomic mass is 10.2. The van der Waals surface area contributed by atoms with Crippen molar-refractivity contribution in [2.24, 2.45) is 11.8 Å². The van der Waals surface area contributed by atoms with Gasteiger partial charge >= 0.3 is 0 Å². The molecule has 1 saturated carbocycles. The lowest BCUT2D eigenvalue weighted by Crippen LogP contribution is -2.32. The Morgan fingerprint density at radius 3 is 2.62 bits per heavy atom. The molecule has 1 N–H and O–H groups in total. The van der Waals surface area contributed by atoms with Gasteiger partial charge < -0.3 is 10.2 Å². The van der Waals surface area contributed by atoms with Crippen molar-refractivity contribution in [3.05, 3.63) is 0 Å². The summed E-state index contributed by atoms with van der Waals surface area (Å²) in [6.45, 7) is 9.34. The first-order valence-electron chi connectivity index (χ1n) is 5.57. The summed E-state index contributed by atoms with van der Waals surface area (Å²) >= 11 is 0. The van der Waals surface area contributed by atoms with Gasteiger partial charge in [-0.25, -0.2) is 0 Å². The Bertz CT molecular complexity index is 130. The van der Waals surface area contributed by atoms with Crippen LogP contribution in [0.1, 0.15) is 26.7 Å². The Morgan fingerprint density at radius 2 is 2.08 bits per heavy atom. The molecule has 0 aliphatic heterocycles. The molecule has 13 heavy (non-hydrogen) atoms. The predicted octanol–water partition coefficient (Wildman–Crippen LogP) is 1.57. The minimum atomic E-state index is 0.786. The summed E-state index contributed by atoms with van der Waals surface area (Å²) in [5.41, 5.74) is 0. The van der Waals surface area contributed by atoms with Crippen molar-refractivity contribution in [1.82, 2.24) is 10.2 Å². The van der Waals surface area contributed by atoms with Crippen molar-refractivity contribution in [3.63, 3.8) is 0 Å². The third-order valence-corrected chi connectivity index (χ3v) is 2.48. The minimum absolute atomic E-state index is 0.786. The van der Waals surface area contributed by atoms with E-state index in [1.165, 1.54) is 32.5 Å². The standard InChI is InChI=1S/C11H24N2/c1-10(2)9-13(3)7-6-12-8-11-4-5-11/h10-12H,4-9H2,1-3H3. The van der Waals surface area contributed by atoms with Crippen LogP contribution in [0, 0.1) is 11.8 Å². The van der Waals surface area contributed by atoms with Crippen LogP contribution in [0.5, 0.6) is 0 Å². The first-order valence-corrected chi connectivity index (χ1v) is 5.57. The molecule has 0 aromatic carbocycles. The molecule has 0 bridgehead atoms. The van der Waals surface area contributed by atoms with Crippen LogP contribution in [-0.2, 0) is 0 Å². The van der Waals surface area contributed by atoms with Crippen molar-refractivity contribution in [1.29, 1.82) is 0 Å². The first-order chi connectivity index (χ1) is 6.18. The first kappa shape index (κ1) is 11.0. The fraction of sp³-hybridized carbons (Fsp3) is 1.00. The molecule has 2 heteroatoms. The fourth-order valence-electron chi connectivity index (χ4n) is 1.61. The third kappa shape index (κ3) is 6.05. The van der Waals surface area contributed by atoms with Crippen molar-refractivity contribution in [3.8, 4) is 0 Å². The van der Waals surface area contributed by atoms with E-state index in [-0.39, 0.29) is 0 Å². The summed E-state index contributed by atoms with van der Waals surface area (Å²) in [7, 11) is 2.21. The maximum Gasteiger partial charge on any atom is 0.0104 e. The van der Waals surface area contributed by atoms with Crippen LogP contribution in [0.2, 0.25) is 0 Å². The Morgan fingerprint density at radius 1 is 1.38 bits per heavy atom. The summed E-state index contributed by atoms with van der Waals surface area (Å²) in [4.78, 5) is 2.41. The van der Waals surface area contributed by atoms with Gasteiger partial charge in [0.1, 0.15) is 0 Å². The van der Waals surface area contributed by atoms with Gasteiger partial charge in [-0.15, -0.1) is 0 Å². The van der Waals surface area contributed by atoms with Crippen LogP contribution < -0.4 is 5.32 Å². The third-order valence-electron chi connectivity index (χ3n) is 2.48. The van der Waals surface area contributed by atoms with Crippen LogP contribution in [0.25, 0.3) is 0 Å². The van der Waals surface area contributed by atoms with Crippen LogP contribution in [-0.4, -0.2) is 38.1 Å². The second-order valence-corrected chi connectivity index (χ2v) is 4.80. The smallest absolute Gasteiger partial charge is 0.0104 e. The van der Waals surface area contributed by atoms with Gasteiger partial charge in [-0.3, -0.25) is 0 Å². The summed E-state index contributed by atoms with van der Waals surface area (Å²) < 4.78 is 0.